The Morgan fingerprint density at radius 2 is 1.58 bits per heavy atom. The summed E-state index contributed by atoms with van der Waals surface area (Å²) < 4.78 is 5.18. The molecule has 1 aromatic rings. The largest absolute Gasteiger partial charge is 0.497 e. The lowest BCUT2D eigenvalue weighted by Crippen LogP contribution is -2.47. The van der Waals surface area contributed by atoms with Gasteiger partial charge in [0.05, 0.1) is 7.11 Å². The van der Waals surface area contributed by atoms with Crippen LogP contribution in [0, 0.1) is 0 Å². The zero-order chi connectivity index (χ0) is 13.5. The van der Waals surface area contributed by atoms with Crippen molar-refractivity contribution in [2.24, 2.45) is 0 Å². The van der Waals surface area contributed by atoms with Crippen LogP contribution in [0.2, 0.25) is 0 Å². The Labute approximate surface area is 124 Å². The normalized spacial score (nSPS) is 17.6. The van der Waals surface area contributed by atoms with Crippen LogP contribution in [0.25, 0.3) is 0 Å². The zero-order valence-electron chi connectivity index (χ0n) is 11.6. The molecular formula is C15H23BrN2O. The number of benzene rings is 1. The third kappa shape index (κ3) is 4.79. The van der Waals surface area contributed by atoms with Gasteiger partial charge in [0.2, 0.25) is 0 Å². The first kappa shape index (κ1) is 14.8. The van der Waals surface area contributed by atoms with E-state index in [4.69, 9.17) is 4.74 Å². The fourth-order valence-corrected chi connectivity index (χ4v) is 2.94. The number of halogens is 1. The lowest BCUT2D eigenvalue weighted by molar-refractivity contribution is 0.139. The molecule has 19 heavy (non-hydrogen) atoms. The Morgan fingerprint density at radius 3 is 2.11 bits per heavy atom. The molecule has 0 atom stereocenters. The average molecular weight is 327 g/mol. The molecule has 4 heteroatoms. The highest BCUT2D eigenvalue weighted by molar-refractivity contribution is 9.09. The molecule has 1 saturated heterocycles. The van der Waals surface area contributed by atoms with Crippen molar-refractivity contribution < 1.29 is 4.74 Å². The Hall–Kier alpha value is -0.580. The fraction of sp³-hybridized carbons (Fsp3) is 0.600. The lowest BCUT2D eigenvalue weighted by Gasteiger charge is -2.34. The van der Waals surface area contributed by atoms with Gasteiger partial charge in [-0.3, -0.25) is 4.90 Å². The second-order valence-corrected chi connectivity index (χ2v) is 5.76. The molecule has 1 aliphatic rings. The molecule has 0 saturated carbocycles. The molecule has 0 N–H and O–H groups in total. The molecule has 1 heterocycles. The Balaban J connectivity index is 1.71. The summed E-state index contributed by atoms with van der Waals surface area (Å²) in [5, 5.41) is 1.08. The summed E-state index contributed by atoms with van der Waals surface area (Å²) >= 11 is 3.51. The van der Waals surface area contributed by atoms with Crippen LogP contribution in [0.3, 0.4) is 0 Å². The summed E-state index contributed by atoms with van der Waals surface area (Å²) in [6, 6.07) is 8.42. The van der Waals surface area contributed by atoms with Gasteiger partial charge in [-0.2, -0.15) is 0 Å². The van der Waals surface area contributed by atoms with Crippen LogP contribution in [0.4, 0.5) is 0 Å². The molecule has 0 radical (unpaired) electrons. The molecular weight excluding hydrogens is 304 g/mol. The average Bonchev–Trinajstić information content (AvgIpc) is 2.47. The van der Waals surface area contributed by atoms with Crippen LogP contribution in [0.1, 0.15) is 5.56 Å². The van der Waals surface area contributed by atoms with Gasteiger partial charge >= 0.3 is 0 Å². The number of piperazine rings is 1. The number of alkyl halides is 1. The molecule has 0 spiro atoms. The van der Waals surface area contributed by atoms with Gasteiger partial charge in [0.15, 0.2) is 0 Å². The molecule has 3 nitrogen and oxygen atoms in total. The molecule has 1 aliphatic heterocycles. The van der Waals surface area contributed by atoms with E-state index in [9.17, 15) is 0 Å². The number of ether oxygens (including phenoxy) is 1. The van der Waals surface area contributed by atoms with Gasteiger partial charge in [0, 0.05) is 44.6 Å². The first-order valence-corrected chi connectivity index (χ1v) is 8.07. The summed E-state index contributed by atoms with van der Waals surface area (Å²) in [6.07, 6.45) is 1.13. The zero-order valence-corrected chi connectivity index (χ0v) is 13.2. The summed E-state index contributed by atoms with van der Waals surface area (Å²) in [6.45, 7) is 7.13. The summed E-state index contributed by atoms with van der Waals surface area (Å²) in [5.74, 6) is 0.937. The quantitative estimate of drug-likeness (QED) is 0.746. The molecule has 0 aromatic heterocycles. The predicted molar refractivity (Wildman–Crippen MR) is 83.4 cm³/mol. The number of nitrogens with zero attached hydrogens (tertiary/aromatic N) is 2. The number of methoxy groups -OCH3 is 1. The van der Waals surface area contributed by atoms with Gasteiger partial charge in [-0.15, -0.1) is 0 Å². The minimum Gasteiger partial charge on any atom is -0.497 e. The summed E-state index contributed by atoms with van der Waals surface area (Å²) in [7, 11) is 1.71. The van der Waals surface area contributed by atoms with Crippen molar-refractivity contribution >= 4 is 15.9 Å². The Kier molecular flexibility index (Phi) is 6.14. The summed E-state index contributed by atoms with van der Waals surface area (Å²) in [4.78, 5) is 5.09. The van der Waals surface area contributed by atoms with Crippen molar-refractivity contribution in [3.8, 4) is 5.75 Å². The fourth-order valence-electron chi connectivity index (χ4n) is 2.44. The minimum atomic E-state index is 0.937. The van der Waals surface area contributed by atoms with Gasteiger partial charge in [0.1, 0.15) is 5.75 Å². The molecule has 106 valence electrons. The number of rotatable bonds is 6. The number of hydrogen-bond acceptors (Lipinski definition) is 3. The predicted octanol–water partition coefficient (Wildman–Crippen LogP) is 2.25. The molecule has 0 aliphatic carbocycles. The molecule has 1 fully saturated rings. The van der Waals surface area contributed by atoms with Crippen LogP contribution in [0.5, 0.6) is 5.75 Å². The molecule has 1 aromatic carbocycles. The van der Waals surface area contributed by atoms with Crippen LogP contribution < -0.4 is 4.74 Å². The van der Waals surface area contributed by atoms with E-state index in [1.54, 1.807) is 7.11 Å². The summed E-state index contributed by atoms with van der Waals surface area (Å²) in [5.41, 5.74) is 1.39. The van der Waals surface area contributed by atoms with E-state index in [0.717, 1.165) is 24.0 Å². The maximum absolute atomic E-state index is 5.18. The van der Waals surface area contributed by atoms with E-state index in [1.807, 2.05) is 12.1 Å². The molecule has 0 unspecified atom stereocenters. The van der Waals surface area contributed by atoms with E-state index in [0.29, 0.717) is 0 Å². The first-order chi connectivity index (χ1) is 9.31. The van der Waals surface area contributed by atoms with E-state index >= 15 is 0 Å². The van der Waals surface area contributed by atoms with Crippen molar-refractivity contribution in [3.63, 3.8) is 0 Å². The van der Waals surface area contributed by atoms with Crippen LogP contribution in [-0.4, -0.2) is 61.5 Å². The van der Waals surface area contributed by atoms with Gasteiger partial charge in [-0.1, -0.05) is 28.1 Å². The maximum Gasteiger partial charge on any atom is 0.118 e. The highest BCUT2D eigenvalue weighted by Gasteiger charge is 2.15. The van der Waals surface area contributed by atoms with Gasteiger partial charge in [-0.05, 0) is 24.1 Å². The highest BCUT2D eigenvalue weighted by atomic mass is 79.9. The molecule has 0 amide bonds. The van der Waals surface area contributed by atoms with E-state index in [1.165, 1.54) is 38.3 Å². The van der Waals surface area contributed by atoms with Gasteiger partial charge in [-0.25, -0.2) is 0 Å². The second-order valence-electron chi connectivity index (χ2n) is 4.97. The van der Waals surface area contributed by atoms with E-state index in [2.05, 4.69) is 37.9 Å². The van der Waals surface area contributed by atoms with Crippen LogP contribution >= 0.6 is 15.9 Å². The van der Waals surface area contributed by atoms with Gasteiger partial charge in [0.25, 0.3) is 0 Å². The smallest absolute Gasteiger partial charge is 0.118 e. The van der Waals surface area contributed by atoms with Crippen LogP contribution in [0.15, 0.2) is 24.3 Å². The lowest BCUT2D eigenvalue weighted by atomic mass is 10.1. The SMILES string of the molecule is COc1ccc(CCN2CCN(CCBr)CC2)cc1. The van der Waals surface area contributed by atoms with E-state index in [-0.39, 0.29) is 0 Å². The monoisotopic (exact) mass is 326 g/mol. The third-order valence-corrected chi connectivity index (χ3v) is 4.10. The second kappa shape index (κ2) is 7.88. The molecule has 0 bridgehead atoms. The Morgan fingerprint density at radius 1 is 1.00 bits per heavy atom. The Bertz CT molecular complexity index is 361. The standard InChI is InChI=1S/C15H23BrN2O/c1-19-15-4-2-14(3-5-15)6-8-17-10-12-18(9-7-16)13-11-17/h2-5H,6-13H2,1H3. The van der Waals surface area contributed by atoms with Gasteiger partial charge < -0.3 is 9.64 Å². The maximum atomic E-state index is 5.18. The first-order valence-electron chi connectivity index (χ1n) is 6.95. The van der Waals surface area contributed by atoms with Crippen molar-refractivity contribution in [3.05, 3.63) is 29.8 Å². The van der Waals surface area contributed by atoms with Crippen LogP contribution in [-0.2, 0) is 6.42 Å². The number of hydrogen-bond donors (Lipinski definition) is 0. The topological polar surface area (TPSA) is 15.7 Å². The van der Waals surface area contributed by atoms with E-state index < -0.39 is 0 Å². The molecule has 2 rings (SSSR count). The van der Waals surface area contributed by atoms with Crippen molar-refractivity contribution in [1.29, 1.82) is 0 Å². The minimum absolute atomic E-state index is 0.937. The van der Waals surface area contributed by atoms with Crippen molar-refractivity contribution in [2.45, 2.75) is 6.42 Å². The van der Waals surface area contributed by atoms with Crippen molar-refractivity contribution in [2.75, 3.05) is 51.7 Å². The third-order valence-electron chi connectivity index (χ3n) is 3.74. The highest BCUT2D eigenvalue weighted by Crippen LogP contribution is 2.12. The van der Waals surface area contributed by atoms with Crippen molar-refractivity contribution in [1.82, 2.24) is 9.80 Å².